The van der Waals surface area contributed by atoms with Gasteiger partial charge in [-0.05, 0) is 12.5 Å². The Morgan fingerprint density at radius 2 is 1.75 bits per heavy atom. The van der Waals surface area contributed by atoms with Crippen molar-refractivity contribution in [1.29, 1.82) is 0 Å². The van der Waals surface area contributed by atoms with Gasteiger partial charge in [-0.25, -0.2) is 0 Å². The molecule has 0 fully saturated rings. The maximum absolute atomic E-state index is 6.04. The van der Waals surface area contributed by atoms with E-state index in [1.54, 1.807) is 5.19 Å². The van der Waals surface area contributed by atoms with Crippen LogP contribution in [0.1, 0.15) is 11.1 Å². The first-order valence-corrected chi connectivity index (χ1v) is 12.0. The maximum atomic E-state index is 6.04. The highest BCUT2D eigenvalue weighted by molar-refractivity contribution is 6.89. The molecule has 0 saturated heterocycles. The molecule has 0 aliphatic heterocycles. The maximum Gasteiger partial charge on any atom is 0.121 e. The van der Waals surface area contributed by atoms with E-state index < -0.39 is 8.07 Å². The topological polar surface area (TPSA) is 0 Å². The molecule has 0 amide bonds. The summed E-state index contributed by atoms with van der Waals surface area (Å²) in [5.74, 6) is 0.593. The van der Waals surface area contributed by atoms with Crippen molar-refractivity contribution in [3.05, 3.63) is 53.6 Å². The molecule has 0 N–H and O–H groups in total. The lowest BCUT2D eigenvalue weighted by molar-refractivity contribution is 1.44. The summed E-state index contributed by atoms with van der Waals surface area (Å²) in [6.45, 7) is 9.41. The second kappa shape index (κ2) is 6.29. The predicted molar refractivity (Wildman–Crippen MR) is 95.2 cm³/mol. The van der Waals surface area contributed by atoms with Gasteiger partial charge in [0.15, 0.2) is 0 Å². The predicted octanol–water partition coefficient (Wildman–Crippen LogP) is 2.93. The van der Waals surface area contributed by atoms with E-state index in [0.717, 1.165) is 0 Å². The van der Waals surface area contributed by atoms with Crippen LogP contribution in [0.4, 0.5) is 0 Å². The molecule has 0 nitrogen and oxygen atoms in total. The minimum absolute atomic E-state index is 0.593. The summed E-state index contributed by atoms with van der Waals surface area (Å²) < 4.78 is 0. The van der Waals surface area contributed by atoms with Crippen LogP contribution in [0.3, 0.4) is 0 Å². The fourth-order valence-corrected chi connectivity index (χ4v) is 5.29. The molecule has 2 rings (SSSR count). The minimum atomic E-state index is -1.26. The van der Waals surface area contributed by atoms with Crippen molar-refractivity contribution < 1.29 is 0 Å². The van der Waals surface area contributed by atoms with Crippen molar-refractivity contribution in [2.45, 2.75) is 32.4 Å². The van der Waals surface area contributed by atoms with Gasteiger partial charge in [0.25, 0.3) is 0 Å². The Balaban J connectivity index is 2.36. The van der Waals surface area contributed by atoms with Gasteiger partial charge in [-0.2, -0.15) is 0 Å². The molecule has 0 heterocycles. The third-order valence-electron chi connectivity index (χ3n) is 3.38. The SMILES string of the molecule is Cc1cc([Si]c2ccccc2CCl)cc([Si](C)(C)C)c1. The van der Waals surface area contributed by atoms with Crippen molar-refractivity contribution in [2.24, 2.45) is 0 Å². The fraction of sp³-hybridized carbons (Fsp3) is 0.294. The quantitative estimate of drug-likeness (QED) is 0.601. The lowest BCUT2D eigenvalue weighted by Crippen LogP contribution is -2.41. The van der Waals surface area contributed by atoms with E-state index in [1.807, 2.05) is 0 Å². The molecule has 0 spiro atoms. The van der Waals surface area contributed by atoms with Crippen molar-refractivity contribution >= 4 is 44.8 Å². The highest BCUT2D eigenvalue weighted by Crippen LogP contribution is 2.04. The summed E-state index contributed by atoms with van der Waals surface area (Å²) in [4.78, 5) is 0. The number of hydrogen-bond acceptors (Lipinski definition) is 0. The van der Waals surface area contributed by atoms with Gasteiger partial charge in [0, 0.05) is 5.88 Å². The molecule has 0 atom stereocenters. The average Bonchev–Trinajstić information content (AvgIpc) is 2.37. The summed E-state index contributed by atoms with van der Waals surface area (Å²) in [5.41, 5.74) is 2.62. The summed E-state index contributed by atoms with van der Waals surface area (Å²) in [6.07, 6.45) is 0. The van der Waals surface area contributed by atoms with E-state index in [-0.39, 0.29) is 0 Å². The first kappa shape index (κ1) is 15.6. The Morgan fingerprint density at radius 3 is 2.40 bits per heavy atom. The monoisotopic (exact) mass is 316 g/mol. The number of aryl methyl sites for hydroxylation is 1. The normalized spacial score (nSPS) is 11.7. The molecule has 3 heteroatoms. The van der Waals surface area contributed by atoms with E-state index in [2.05, 4.69) is 69.0 Å². The largest absolute Gasteiger partial charge is 0.122 e. The molecule has 2 aromatic carbocycles. The first-order chi connectivity index (χ1) is 9.40. The van der Waals surface area contributed by atoms with Crippen molar-refractivity contribution in [1.82, 2.24) is 0 Å². The molecule has 0 saturated carbocycles. The Kier molecular flexibility index (Phi) is 4.89. The van der Waals surface area contributed by atoms with Crippen LogP contribution >= 0.6 is 11.6 Å². The minimum Gasteiger partial charge on any atom is -0.122 e. The second-order valence-corrected chi connectivity index (χ2v) is 13.0. The zero-order valence-electron chi connectivity index (χ0n) is 12.6. The summed E-state index contributed by atoms with van der Waals surface area (Å²) in [5, 5.41) is 4.35. The molecular weight excluding hydrogens is 296 g/mol. The van der Waals surface area contributed by atoms with Crippen LogP contribution in [0.25, 0.3) is 0 Å². The van der Waals surface area contributed by atoms with E-state index >= 15 is 0 Å². The summed E-state index contributed by atoms with van der Waals surface area (Å²) in [7, 11) is -0.565. The van der Waals surface area contributed by atoms with E-state index in [1.165, 1.54) is 21.5 Å². The van der Waals surface area contributed by atoms with Crippen LogP contribution in [0.15, 0.2) is 42.5 Å². The highest BCUT2D eigenvalue weighted by Gasteiger charge is 2.17. The molecule has 2 aromatic rings. The zero-order chi connectivity index (χ0) is 14.8. The Bertz CT molecular complexity index is 600. The Labute approximate surface area is 131 Å². The van der Waals surface area contributed by atoms with E-state index in [4.69, 9.17) is 11.6 Å². The molecule has 0 unspecified atom stereocenters. The Hall–Kier alpha value is -0.836. The number of benzene rings is 2. The number of halogens is 1. The van der Waals surface area contributed by atoms with Gasteiger partial charge in [0.05, 0.1) is 8.07 Å². The second-order valence-electron chi connectivity index (χ2n) is 6.25. The van der Waals surface area contributed by atoms with Gasteiger partial charge in [-0.15, -0.1) is 11.6 Å². The van der Waals surface area contributed by atoms with Gasteiger partial charge in [-0.3, -0.25) is 0 Å². The number of alkyl halides is 1. The molecule has 0 aliphatic carbocycles. The van der Waals surface area contributed by atoms with Gasteiger partial charge in [-0.1, -0.05) is 83.2 Å². The molecule has 20 heavy (non-hydrogen) atoms. The lowest BCUT2D eigenvalue weighted by atomic mass is 10.2. The number of hydrogen-bond donors (Lipinski definition) is 0. The van der Waals surface area contributed by atoms with Crippen LogP contribution in [-0.4, -0.2) is 17.6 Å². The molecule has 104 valence electrons. The van der Waals surface area contributed by atoms with E-state index in [0.29, 0.717) is 15.4 Å². The van der Waals surface area contributed by atoms with Gasteiger partial charge in [0.2, 0.25) is 0 Å². The van der Waals surface area contributed by atoms with Crippen LogP contribution < -0.4 is 15.6 Å². The number of rotatable bonds is 4. The standard InChI is InChI=1S/C17H21ClSi2/c1-13-9-15(11-16(10-13)20(2,3)4)19-17-8-6-5-7-14(17)12-18/h5-11H,12H2,1-4H3. The van der Waals surface area contributed by atoms with Crippen molar-refractivity contribution in [3.63, 3.8) is 0 Å². The summed E-state index contributed by atoms with van der Waals surface area (Å²) >= 11 is 6.04. The zero-order valence-corrected chi connectivity index (χ0v) is 15.4. The molecule has 0 aliphatic rings. The molecule has 2 radical (unpaired) electrons. The van der Waals surface area contributed by atoms with Gasteiger partial charge in [0.1, 0.15) is 9.52 Å². The van der Waals surface area contributed by atoms with Gasteiger partial charge < -0.3 is 0 Å². The summed E-state index contributed by atoms with van der Waals surface area (Å²) in [6, 6.07) is 15.6. The van der Waals surface area contributed by atoms with Crippen LogP contribution in [0.2, 0.25) is 19.6 Å². The van der Waals surface area contributed by atoms with Gasteiger partial charge >= 0.3 is 0 Å². The molecular formula is C17H21ClSi2. The van der Waals surface area contributed by atoms with Crippen molar-refractivity contribution in [3.8, 4) is 0 Å². The first-order valence-electron chi connectivity index (χ1n) is 6.93. The van der Waals surface area contributed by atoms with Crippen LogP contribution in [-0.2, 0) is 5.88 Å². The third kappa shape index (κ3) is 3.84. The van der Waals surface area contributed by atoms with Crippen molar-refractivity contribution in [2.75, 3.05) is 0 Å². The van der Waals surface area contributed by atoms with Crippen LogP contribution in [0.5, 0.6) is 0 Å². The van der Waals surface area contributed by atoms with E-state index in [9.17, 15) is 0 Å². The molecule has 0 aromatic heterocycles. The third-order valence-corrected chi connectivity index (χ3v) is 7.03. The fourth-order valence-electron chi connectivity index (χ4n) is 2.20. The smallest absolute Gasteiger partial charge is 0.121 e. The van der Waals surface area contributed by atoms with Crippen LogP contribution in [0, 0.1) is 6.92 Å². The highest BCUT2D eigenvalue weighted by atomic mass is 35.5. The molecule has 0 bridgehead atoms. The Morgan fingerprint density at radius 1 is 1.05 bits per heavy atom. The average molecular weight is 317 g/mol. The lowest BCUT2D eigenvalue weighted by Gasteiger charge is -2.19.